The van der Waals surface area contributed by atoms with E-state index in [1.807, 2.05) is 61.3 Å². The monoisotopic (exact) mass is 942 g/mol. The highest BCUT2D eigenvalue weighted by Crippen LogP contribution is 2.47. The second-order valence-corrected chi connectivity index (χ2v) is 19.7. The number of fused-ring (bicyclic) bond motifs is 14. The van der Waals surface area contributed by atoms with E-state index in [1.54, 1.807) is 6.20 Å². The van der Waals surface area contributed by atoms with E-state index in [2.05, 4.69) is 131 Å². The van der Waals surface area contributed by atoms with Crippen LogP contribution in [-0.2, 0) is 19.3 Å². The lowest BCUT2D eigenvalue weighted by atomic mass is 9.80. The highest BCUT2D eigenvalue weighted by Gasteiger charge is 2.29. The van der Waals surface area contributed by atoms with Gasteiger partial charge >= 0.3 is 0 Å². The maximum atomic E-state index is 6.25. The third-order valence-corrected chi connectivity index (χ3v) is 15.5. The molecule has 2 aliphatic carbocycles. The Morgan fingerprint density at radius 3 is 1.95 bits per heavy atom. The fourth-order valence-corrected chi connectivity index (χ4v) is 12.3. The van der Waals surface area contributed by atoms with Crippen LogP contribution in [-0.4, -0.2) is 34.1 Å². The van der Waals surface area contributed by atoms with Gasteiger partial charge in [-0.1, -0.05) is 67.6 Å². The van der Waals surface area contributed by atoms with Gasteiger partial charge in [-0.25, -0.2) is 0 Å². The van der Waals surface area contributed by atoms with Crippen molar-refractivity contribution in [2.24, 2.45) is 5.73 Å². The van der Waals surface area contributed by atoms with Gasteiger partial charge in [0.15, 0.2) is 0 Å². The van der Waals surface area contributed by atoms with Crippen molar-refractivity contribution in [3.8, 4) is 27.9 Å². The molecule has 8 heteroatoms. The van der Waals surface area contributed by atoms with Gasteiger partial charge in [0.1, 0.15) is 0 Å². The van der Waals surface area contributed by atoms with Crippen LogP contribution < -0.4 is 5.73 Å². The van der Waals surface area contributed by atoms with E-state index in [9.17, 15) is 0 Å². The summed E-state index contributed by atoms with van der Waals surface area (Å²) < 4.78 is 4.93. The number of allylic oxidation sites excluding steroid dienone is 5. The largest absolute Gasteiger partial charge is 0.405 e. The molecule has 350 valence electrons. The van der Waals surface area contributed by atoms with Gasteiger partial charge in [0, 0.05) is 91.3 Å². The van der Waals surface area contributed by atoms with Crippen LogP contribution in [0.3, 0.4) is 0 Å². The predicted molar refractivity (Wildman–Crippen MR) is 303 cm³/mol. The van der Waals surface area contributed by atoms with Crippen LogP contribution in [0.5, 0.6) is 0 Å². The van der Waals surface area contributed by atoms with Crippen LogP contribution in [0.15, 0.2) is 177 Å². The average molecular weight is 943 g/mol. The van der Waals surface area contributed by atoms with Gasteiger partial charge in [-0.3, -0.25) is 24.9 Å². The van der Waals surface area contributed by atoms with Crippen LogP contribution >= 0.6 is 0 Å². The molecule has 0 radical (unpaired) electrons. The molecule has 7 heterocycles. The molecule has 0 unspecified atom stereocenters. The van der Waals surface area contributed by atoms with Crippen molar-refractivity contribution < 1.29 is 0 Å². The maximum Gasteiger partial charge on any atom is 0.0970 e. The predicted octanol–water partition coefficient (Wildman–Crippen LogP) is 15.2. The van der Waals surface area contributed by atoms with E-state index in [0.29, 0.717) is 0 Å². The summed E-state index contributed by atoms with van der Waals surface area (Å²) in [5.41, 5.74) is 30.4. The Morgan fingerprint density at radius 1 is 0.616 bits per heavy atom. The van der Waals surface area contributed by atoms with Gasteiger partial charge in [-0.15, -0.1) is 0 Å². The highest BCUT2D eigenvalue weighted by molar-refractivity contribution is 6.16. The fourth-order valence-electron chi connectivity index (χ4n) is 12.3. The van der Waals surface area contributed by atoms with Gasteiger partial charge in [-0.2, -0.15) is 0 Å². The minimum atomic E-state index is 0.786. The molecule has 2 aliphatic rings. The highest BCUT2D eigenvalue weighted by atomic mass is 15.0. The number of hydrogen-bond acceptors (Lipinski definition) is 6. The molecule has 8 nitrogen and oxygen atoms in total. The number of nitrogens with zero attached hydrogens (tertiary/aromatic N) is 7. The Morgan fingerprint density at radius 2 is 1.27 bits per heavy atom. The third kappa shape index (κ3) is 6.70. The van der Waals surface area contributed by atoms with E-state index >= 15 is 0 Å². The molecule has 7 aromatic heterocycles. The smallest absolute Gasteiger partial charge is 0.0970 e. The van der Waals surface area contributed by atoms with Gasteiger partial charge in [-0.05, 0) is 181 Å². The molecule has 0 saturated carbocycles. The van der Waals surface area contributed by atoms with Crippen LogP contribution in [0.4, 0.5) is 0 Å². The van der Waals surface area contributed by atoms with Crippen molar-refractivity contribution in [2.75, 3.05) is 0 Å². The molecule has 0 atom stereocenters. The summed E-state index contributed by atoms with van der Waals surface area (Å²) in [6.45, 7) is 9.24. The minimum absolute atomic E-state index is 0.786. The lowest BCUT2D eigenvalue weighted by Crippen LogP contribution is -2.13. The van der Waals surface area contributed by atoms with E-state index in [4.69, 9.17) is 32.2 Å². The Labute approximate surface area is 422 Å². The molecule has 73 heavy (non-hydrogen) atoms. The van der Waals surface area contributed by atoms with Crippen molar-refractivity contribution in [1.82, 2.24) is 34.1 Å². The standard InChI is InChI=1S/C65H50N8/c1-4-9-46(22-24-66)72-58-20-17-42(52-36-44-10-5-25-68-60(44)62-48(52)12-7-27-70-62)33-54(58)56-32-40-15-19-50-51(31-40)41(16-14-38(2)64(56)72)35-57-55-34-43(18-21-59(55)73(65(50)57)47-23-29-67-39(3)30-47)53-37-45-11-6-26-69-61(45)63-49(53)13-8-28-71-63/h5-13,17-18,20-30,32-37H,2,4,14-16,19,31,66H2,1,3H3/b24-22-,40-32-,46-9+. The summed E-state index contributed by atoms with van der Waals surface area (Å²) in [5.74, 6) is 0. The molecule has 2 bridgehead atoms. The van der Waals surface area contributed by atoms with Crippen molar-refractivity contribution in [2.45, 2.75) is 52.4 Å². The minimum Gasteiger partial charge on any atom is -0.405 e. The molecular weight excluding hydrogens is 893 g/mol. The zero-order valence-electron chi connectivity index (χ0n) is 40.8. The van der Waals surface area contributed by atoms with Crippen molar-refractivity contribution in [1.29, 1.82) is 0 Å². The third-order valence-electron chi connectivity index (χ3n) is 15.5. The SMILES string of the molecule is C=C1CCc2cc3c4cc(-c5cc6cccnc6c6ncccc56)ccc4n(-c4ccnc(C)c4)c3c3c2C/C(=C\c2c1n(C(/C=C\N)=C/CC)c1ccc(-c4cc5cccnc5c5ncccc45)cc21)CC3. The van der Waals surface area contributed by atoms with E-state index < -0.39 is 0 Å². The molecule has 14 rings (SSSR count). The molecule has 0 spiro atoms. The number of aromatic nitrogens is 7. The summed E-state index contributed by atoms with van der Waals surface area (Å²) in [6.07, 6.45) is 23.1. The molecular formula is C65H50N8. The Hall–Kier alpha value is -9.01. The second-order valence-electron chi connectivity index (χ2n) is 19.7. The van der Waals surface area contributed by atoms with Crippen LogP contribution in [0.25, 0.3) is 122 Å². The summed E-state index contributed by atoms with van der Waals surface area (Å²) in [6, 6.07) is 42.1. The number of pyridine rings is 5. The molecule has 2 N–H and O–H groups in total. The quantitative estimate of drug-likeness (QED) is 0.132. The van der Waals surface area contributed by atoms with Gasteiger partial charge in [0.2, 0.25) is 0 Å². The number of nitrogens with two attached hydrogens (primary N) is 1. The first-order chi connectivity index (χ1) is 35.9. The Bertz CT molecular complexity index is 4450. The lowest BCUT2D eigenvalue weighted by Gasteiger charge is -2.26. The van der Waals surface area contributed by atoms with Crippen LogP contribution in [0.2, 0.25) is 0 Å². The van der Waals surface area contributed by atoms with E-state index in [0.717, 1.165) is 138 Å². The Kier molecular flexibility index (Phi) is 9.86. The van der Waals surface area contributed by atoms with Gasteiger partial charge < -0.3 is 14.9 Å². The normalized spacial score (nSPS) is 14.8. The first kappa shape index (κ1) is 42.8. The topological polar surface area (TPSA) is 100 Å². The number of rotatable bonds is 6. The maximum absolute atomic E-state index is 6.25. The molecule has 0 amide bonds. The van der Waals surface area contributed by atoms with Crippen LogP contribution in [0, 0.1) is 6.92 Å². The zero-order valence-corrected chi connectivity index (χ0v) is 40.8. The summed E-state index contributed by atoms with van der Waals surface area (Å²) in [7, 11) is 0. The second kappa shape index (κ2) is 16.8. The fraction of sp³-hybridized carbons (Fsp3) is 0.123. The Balaban J connectivity index is 0.992. The van der Waals surface area contributed by atoms with E-state index in [-0.39, 0.29) is 0 Å². The molecule has 0 saturated heterocycles. The molecule has 0 fully saturated rings. The first-order valence-electron chi connectivity index (χ1n) is 25.4. The molecule has 0 aliphatic heterocycles. The van der Waals surface area contributed by atoms with E-state index in [1.165, 1.54) is 55.0 Å². The molecule has 5 aromatic carbocycles. The zero-order chi connectivity index (χ0) is 48.9. The number of benzene rings is 5. The van der Waals surface area contributed by atoms with Crippen molar-refractivity contribution in [3.05, 3.63) is 210 Å². The van der Waals surface area contributed by atoms with Crippen molar-refractivity contribution in [3.63, 3.8) is 0 Å². The van der Waals surface area contributed by atoms with Crippen molar-refractivity contribution >= 4 is 93.7 Å². The van der Waals surface area contributed by atoms with Gasteiger partial charge in [0.25, 0.3) is 0 Å². The molecule has 12 aromatic rings. The summed E-state index contributed by atoms with van der Waals surface area (Å²) in [5, 5.41) is 8.02. The van der Waals surface area contributed by atoms with Gasteiger partial charge in [0.05, 0.1) is 44.3 Å². The number of aryl methyl sites for hydroxylation is 3. The number of hydrogen-bond donors (Lipinski definition) is 1. The lowest BCUT2D eigenvalue weighted by molar-refractivity contribution is 0.826. The summed E-state index contributed by atoms with van der Waals surface area (Å²) >= 11 is 0. The summed E-state index contributed by atoms with van der Waals surface area (Å²) in [4.78, 5) is 23.9. The first-order valence-corrected chi connectivity index (χ1v) is 25.4. The van der Waals surface area contributed by atoms with Crippen LogP contribution in [0.1, 0.15) is 59.8 Å². The average Bonchev–Trinajstić information content (AvgIpc) is 3.94.